The van der Waals surface area contributed by atoms with E-state index in [9.17, 15) is 0 Å². The molecule has 11 rings (SSSR count). The predicted octanol–water partition coefficient (Wildman–Crippen LogP) is 13.7. The van der Waals surface area contributed by atoms with Crippen LogP contribution in [0.15, 0.2) is 197 Å². The summed E-state index contributed by atoms with van der Waals surface area (Å²) in [5.74, 6) is 1.82. The first-order chi connectivity index (χ1) is 27.7. The second-order valence-electron chi connectivity index (χ2n) is 14.0. The Kier molecular flexibility index (Phi) is 7.42. The number of benzene rings is 8. The van der Waals surface area contributed by atoms with E-state index < -0.39 is 0 Å². The van der Waals surface area contributed by atoms with Crippen LogP contribution in [0.2, 0.25) is 0 Å². The van der Waals surface area contributed by atoms with Crippen LogP contribution in [0.1, 0.15) is 0 Å². The van der Waals surface area contributed by atoms with E-state index in [1.165, 1.54) is 0 Å². The highest BCUT2D eigenvalue weighted by Gasteiger charge is 2.17. The topological polar surface area (TPSA) is 65.0 Å². The quantitative estimate of drug-likeness (QED) is 0.171. The van der Waals surface area contributed by atoms with E-state index >= 15 is 0 Å². The summed E-state index contributed by atoms with van der Waals surface area (Å²) in [7, 11) is 0. The zero-order chi connectivity index (χ0) is 37.0. The molecule has 0 aliphatic rings. The standard InChI is InChI=1S/C51H31N3O2/c1-2-11-32(12-3-1)37-13-8-14-38(31-37)51-53-49(35-27-23-33(24-28-35)39-17-9-21-45-47(39)41-15-4-6-19-43(41)55-45)52-50(54-51)36-29-25-34(26-30-36)40-18-10-22-46-48(40)42-16-5-7-20-44(42)56-46/h1-31H. The molecular formula is C51H31N3O2. The molecule has 0 N–H and O–H groups in total. The number of furan rings is 2. The number of fused-ring (bicyclic) bond motifs is 6. The van der Waals surface area contributed by atoms with Gasteiger partial charge >= 0.3 is 0 Å². The summed E-state index contributed by atoms with van der Waals surface area (Å²) in [6.45, 7) is 0. The summed E-state index contributed by atoms with van der Waals surface area (Å²) >= 11 is 0. The molecule has 0 saturated heterocycles. The monoisotopic (exact) mass is 717 g/mol. The molecule has 0 amide bonds. The van der Waals surface area contributed by atoms with Gasteiger partial charge in [0.1, 0.15) is 22.3 Å². The fraction of sp³-hybridized carbons (Fsp3) is 0. The van der Waals surface area contributed by atoms with Gasteiger partial charge < -0.3 is 8.83 Å². The average molecular weight is 718 g/mol. The van der Waals surface area contributed by atoms with Gasteiger partial charge in [-0.05, 0) is 63.7 Å². The molecule has 56 heavy (non-hydrogen) atoms. The largest absolute Gasteiger partial charge is 0.456 e. The maximum absolute atomic E-state index is 6.19. The first-order valence-corrected chi connectivity index (χ1v) is 18.7. The van der Waals surface area contributed by atoms with Crippen LogP contribution in [0, 0.1) is 0 Å². The van der Waals surface area contributed by atoms with Gasteiger partial charge in [-0.2, -0.15) is 0 Å². The van der Waals surface area contributed by atoms with Gasteiger partial charge in [0.2, 0.25) is 0 Å². The van der Waals surface area contributed by atoms with Crippen molar-refractivity contribution >= 4 is 43.9 Å². The molecule has 0 saturated carbocycles. The van der Waals surface area contributed by atoms with Crippen molar-refractivity contribution in [1.29, 1.82) is 0 Å². The summed E-state index contributed by atoms with van der Waals surface area (Å²) in [4.78, 5) is 15.3. The Labute approximate surface area is 322 Å². The Balaban J connectivity index is 1.02. The first-order valence-electron chi connectivity index (χ1n) is 18.7. The highest BCUT2D eigenvalue weighted by Crippen LogP contribution is 2.39. The third-order valence-electron chi connectivity index (χ3n) is 10.6. The van der Waals surface area contributed by atoms with Gasteiger partial charge in [0.05, 0.1) is 0 Å². The molecule has 0 unspecified atom stereocenters. The molecule has 5 heteroatoms. The third kappa shape index (κ3) is 5.45. The SMILES string of the molecule is c1ccc(-c2cccc(-c3nc(-c4ccc(-c5cccc6oc7ccccc7c56)cc4)nc(-c4ccc(-c5cccc6oc7ccccc7c56)cc4)n3)c2)cc1. The van der Waals surface area contributed by atoms with Crippen LogP contribution in [-0.4, -0.2) is 15.0 Å². The van der Waals surface area contributed by atoms with Crippen molar-refractivity contribution in [2.45, 2.75) is 0 Å². The molecule has 11 aromatic rings. The highest BCUT2D eigenvalue weighted by molar-refractivity contribution is 6.13. The fourth-order valence-electron chi connectivity index (χ4n) is 7.86. The number of rotatable bonds is 6. The Bertz CT molecular complexity index is 3060. The lowest BCUT2D eigenvalue weighted by molar-refractivity contribution is 0.668. The van der Waals surface area contributed by atoms with E-state index in [0.717, 1.165) is 93.9 Å². The van der Waals surface area contributed by atoms with Gasteiger partial charge in [-0.3, -0.25) is 0 Å². The molecule has 0 aliphatic carbocycles. The third-order valence-corrected chi connectivity index (χ3v) is 10.6. The van der Waals surface area contributed by atoms with Crippen molar-refractivity contribution in [3.63, 3.8) is 0 Å². The van der Waals surface area contributed by atoms with Crippen molar-refractivity contribution in [1.82, 2.24) is 15.0 Å². The molecule has 0 atom stereocenters. The van der Waals surface area contributed by atoms with Crippen LogP contribution in [0.4, 0.5) is 0 Å². The molecule has 0 spiro atoms. The van der Waals surface area contributed by atoms with Gasteiger partial charge in [-0.15, -0.1) is 0 Å². The first kappa shape index (κ1) is 31.9. The molecular weight excluding hydrogens is 687 g/mol. The maximum Gasteiger partial charge on any atom is 0.164 e. The van der Waals surface area contributed by atoms with Gasteiger partial charge in [-0.25, -0.2) is 15.0 Å². The molecule has 3 heterocycles. The lowest BCUT2D eigenvalue weighted by atomic mass is 9.98. The lowest BCUT2D eigenvalue weighted by Crippen LogP contribution is -2.00. The maximum atomic E-state index is 6.19. The molecule has 0 bridgehead atoms. The Morgan fingerprint density at radius 3 is 1.20 bits per heavy atom. The summed E-state index contributed by atoms with van der Waals surface area (Å²) in [5.41, 5.74) is 12.9. The number of aromatic nitrogens is 3. The minimum Gasteiger partial charge on any atom is -0.456 e. The van der Waals surface area contributed by atoms with E-state index in [1.54, 1.807) is 0 Å². The smallest absolute Gasteiger partial charge is 0.164 e. The molecule has 262 valence electrons. The van der Waals surface area contributed by atoms with Crippen LogP contribution in [0.5, 0.6) is 0 Å². The van der Waals surface area contributed by atoms with Crippen LogP contribution in [-0.2, 0) is 0 Å². The highest BCUT2D eigenvalue weighted by atomic mass is 16.3. The van der Waals surface area contributed by atoms with Crippen LogP contribution in [0.3, 0.4) is 0 Å². The number of nitrogens with zero attached hydrogens (tertiary/aromatic N) is 3. The van der Waals surface area contributed by atoms with Crippen molar-refractivity contribution in [3.05, 3.63) is 188 Å². The molecule has 0 fully saturated rings. The minimum absolute atomic E-state index is 0.604. The van der Waals surface area contributed by atoms with E-state index in [0.29, 0.717) is 17.5 Å². The van der Waals surface area contributed by atoms with E-state index in [4.69, 9.17) is 23.8 Å². The van der Waals surface area contributed by atoms with Gasteiger partial charge in [0.15, 0.2) is 17.5 Å². The van der Waals surface area contributed by atoms with Gasteiger partial charge in [0, 0.05) is 38.2 Å². The van der Waals surface area contributed by atoms with Crippen LogP contribution < -0.4 is 0 Å². The van der Waals surface area contributed by atoms with Crippen molar-refractivity contribution in [2.75, 3.05) is 0 Å². The second kappa shape index (κ2) is 13.0. The Morgan fingerprint density at radius 2 is 0.661 bits per heavy atom. The minimum atomic E-state index is 0.604. The zero-order valence-electron chi connectivity index (χ0n) is 30.1. The zero-order valence-corrected chi connectivity index (χ0v) is 30.1. The van der Waals surface area contributed by atoms with Crippen molar-refractivity contribution < 1.29 is 8.83 Å². The van der Waals surface area contributed by atoms with Gasteiger partial charge in [0.25, 0.3) is 0 Å². The molecule has 8 aromatic carbocycles. The Hall–Kier alpha value is -7.63. The summed E-state index contributed by atoms with van der Waals surface area (Å²) in [5, 5.41) is 4.43. The van der Waals surface area contributed by atoms with E-state index in [1.807, 2.05) is 54.6 Å². The predicted molar refractivity (Wildman–Crippen MR) is 227 cm³/mol. The molecule has 0 radical (unpaired) electrons. The second-order valence-corrected chi connectivity index (χ2v) is 14.0. The van der Waals surface area contributed by atoms with E-state index in [-0.39, 0.29) is 0 Å². The normalized spacial score (nSPS) is 11.6. The van der Waals surface area contributed by atoms with E-state index in [2.05, 4.69) is 133 Å². The molecule has 3 aromatic heterocycles. The fourth-order valence-corrected chi connectivity index (χ4v) is 7.86. The number of hydrogen-bond acceptors (Lipinski definition) is 5. The van der Waals surface area contributed by atoms with Crippen LogP contribution in [0.25, 0.3) is 111 Å². The van der Waals surface area contributed by atoms with Crippen LogP contribution >= 0.6 is 0 Å². The van der Waals surface area contributed by atoms with Crippen molar-refractivity contribution in [2.24, 2.45) is 0 Å². The summed E-state index contributed by atoms with van der Waals surface area (Å²) in [6.07, 6.45) is 0. The summed E-state index contributed by atoms with van der Waals surface area (Å²) in [6, 6.07) is 64.5. The Morgan fingerprint density at radius 1 is 0.268 bits per heavy atom. The summed E-state index contributed by atoms with van der Waals surface area (Å²) < 4.78 is 12.4. The number of hydrogen-bond donors (Lipinski definition) is 0. The number of para-hydroxylation sites is 2. The molecule has 5 nitrogen and oxygen atoms in total. The lowest BCUT2D eigenvalue weighted by Gasteiger charge is -2.11. The average Bonchev–Trinajstić information content (AvgIpc) is 3.86. The van der Waals surface area contributed by atoms with Gasteiger partial charge in [-0.1, -0.05) is 158 Å². The molecule has 0 aliphatic heterocycles. The van der Waals surface area contributed by atoms with Crippen molar-refractivity contribution in [3.8, 4) is 67.5 Å².